The van der Waals surface area contributed by atoms with Crippen molar-refractivity contribution in [3.8, 4) is 17.2 Å². The minimum atomic E-state index is -1.51. The number of fused-ring (bicyclic) bond motifs is 1. The predicted octanol–water partition coefficient (Wildman–Crippen LogP) is -7.93. The molecule has 0 radical (unpaired) electrons. The normalized spacial score (nSPS) is 11.3. The van der Waals surface area contributed by atoms with E-state index in [1.54, 1.807) is 25.1 Å². The highest BCUT2D eigenvalue weighted by Gasteiger charge is 2.31. The molecule has 0 aliphatic carbocycles. The maximum atomic E-state index is 12.6. The van der Waals surface area contributed by atoms with Crippen molar-refractivity contribution in [2.24, 2.45) is 0 Å². The third-order valence-electron chi connectivity index (χ3n) is 6.47. The fourth-order valence-electron chi connectivity index (χ4n) is 3.79. The number of carboxylic acid groups (broad SMARTS) is 1. The average molecular weight is 435 g/mol. The van der Waals surface area contributed by atoms with Gasteiger partial charge in [0.15, 0.2) is 11.4 Å². The number of carbonyl (C=O) groups excluding carboxylic acids is 1. The Morgan fingerprint density at radius 3 is 2.06 bits per heavy atom. The zero-order valence-electron chi connectivity index (χ0n) is 20.3. The minimum absolute atomic E-state index is 0.223. The van der Waals surface area contributed by atoms with Crippen molar-refractivity contribution in [1.29, 1.82) is 0 Å². The molecule has 0 atom stereocenters. The lowest BCUT2D eigenvalue weighted by Crippen LogP contribution is -2.55. The van der Waals surface area contributed by atoms with Crippen LogP contribution in [0.2, 0.25) is 0 Å². The van der Waals surface area contributed by atoms with Crippen molar-refractivity contribution in [2.75, 3.05) is 0 Å². The zero-order valence-corrected chi connectivity index (χ0v) is 20.3. The second-order valence-corrected chi connectivity index (χ2v) is 9.04. The summed E-state index contributed by atoms with van der Waals surface area (Å²) in [5, 5.41) is 21.9. The molecular weight excluding hydrogens is 412 g/mol. The highest BCUT2D eigenvalue weighted by atomic mass is 16.5. The molecule has 3 aromatic rings. The number of aromatic hydroxyl groups is 1. The quantitative estimate of drug-likeness (QED) is 0.344. The van der Waals surface area contributed by atoms with Crippen molar-refractivity contribution in [3.05, 3.63) is 29.6 Å². The van der Waals surface area contributed by atoms with Gasteiger partial charge in [0.25, 0.3) is 5.91 Å². The first-order chi connectivity index (χ1) is 15.3. The summed E-state index contributed by atoms with van der Waals surface area (Å²) in [6, 6.07) is 5.18. The van der Waals surface area contributed by atoms with Gasteiger partial charge in [0.1, 0.15) is 66.4 Å². The summed E-state index contributed by atoms with van der Waals surface area (Å²) in [5.41, 5.74) is 6.05. The zero-order chi connectivity index (χ0) is 24.8. The molecule has 0 saturated carbocycles. The minimum Gasteiger partial charge on any atom is -0.505 e. The van der Waals surface area contributed by atoms with Gasteiger partial charge in [0.05, 0.1) is 5.34 Å². The topological polar surface area (TPSA) is 109 Å². The molecule has 33 heavy (non-hydrogen) atoms. The van der Waals surface area contributed by atoms with Crippen LogP contribution in [0.3, 0.4) is 0 Å². The molecule has 160 valence electrons. The number of nitrogens with one attached hydrogen (secondary N) is 1. The fraction of sp³-hybridized carbons (Fsp3) is 0.105. The van der Waals surface area contributed by atoms with E-state index in [4.69, 9.17) is 4.74 Å². The summed E-state index contributed by atoms with van der Waals surface area (Å²) in [7, 11) is 13.1. The number of aliphatic carboxylic acids is 1. The van der Waals surface area contributed by atoms with Crippen molar-refractivity contribution >= 4 is 105 Å². The lowest BCUT2D eigenvalue weighted by molar-refractivity contribution is -0.138. The van der Waals surface area contributed by atoms with Gasteiger partial charge in [-0.1, -0.05) is 21.9 Å². The largest absolute Gasteiger partial charge is 0.505 e. The van der Waals surface area contributed by atoms with Crippen LogP contribution in [-0.4, -0.2) is 87.3 Å². The number of carboxylic acids is 1. The maximum absolute atomic E-state index is 12.6. The van der Waals surface area contributed by atoms with Gasteiger partial charge in [0.2, 0.25) is 0 Å². The molecule has 7 nitrogen and oxygen atoms in total. The molecule has 0 saturated heterocycles. The Bertz CT molecular complexity index is 1300. The number of hydrogen-bond donors (Lipinski definition) is 3. The Hall–Kier alpha value is -3.16. The van der Waals surface area contributed by atoms with E-state index in [0.29, 0.717) is 22.2 Å². The van der Waals surface area contributed by atoms with Crippen LogP contribution in [0.15, 0.2) is 18.2 Å². The molecule has 0 bridgehead atoms. The highest BCUT2D eigenvalue weighted by Crippen LogP contribution is 2.33. The lowest BCUT2D eigenvalue weighted by Gasteiger charge is -2.22. The number of aromatic nitrogens is 1. The van der Waals surface area contributed by atoms with Crippen LogP contribution in [0.4, 0.5) is 0 Å². The fourth-order valence-corrected chi connectivity index (χ4v) is 3.79. The molecule has 2 aromatic carbocycles. The molecule has 0 fully saturated rings. The van der Waals surface area contributed by atoms with E-state index in [-0.39, 0.29) is 11.4 Å². The first-order valence-electron chi connectivity index (χ1n) is 10.7. The Kier molecular flexibility index (Phi) is 6.42. The first kappa shape index (κ1) is 24.5. The highest BCUT2D eigenvalue weighted by molar-refractivity contribution is 6.67. The number of ether oxygens (including phenoxy) is 1. The van der Waals surface area contributed by atoms with Crippen molar-refractivity contribution in [2.45, 2.75) is 12.3 Å². The molecule has 1 amide bonds. The molecule has 1 heterocycles. The predicted molar refractivity (Wildman–Crippen MR) is 150 cm³/mol. The average Bonchev–Trinajstić information content (AvgIpc) is 2.75. The molecule has 0 aliphatic rings. The molecule has 0 aliphatic heterocycles. The van der Waals surface area contributed by atoms with Gasteiger partial charge < -0.3 is 20.3 Å². The number of pyridine rings is 1. The van der Waals surface area contributed by atoms with Gasteiger partial charge in [-0.3, -0.25) is 9.59 Å². The number of hydrogen-bond acceptors (Lipinski definition) is 5. The van der Waals surface area contributed by atoms with E-state index in [2.05, 4.69) is 33.8 Å². The molecule has 3 rings (SSSR count). The summed E-state index contributed by atoms with van der Waals surface area (Å²) < 4.78 is 6.28. The number of benzene rings is 2. The summed E-state index contributed by atoms with van der Waals surface area (Å²) >= 11 is 0. The summed E-state index contributed by atoms with van der Waals surface area (Å²) in [6.45, 7) is 1.72. The van der Waals surface area contributed by atoms with Crippen molar-refractivity contribution < 1.29 is 24.5 Å². The van der Waals surface area contributed by atoms with E-state index in [0.717, 1.165) is 16.7 Å². The first-order valence-corrected chi connectivity index (χ1v) is 10.7. The van der Waals surface area contributed by atoms with Crippen LogP contribution in [0.1, 0.15) is 16.2 Å². The van der Waals surface area contributed by atoms with Gasteiger partial charge in [-0.15, -0.1) is 5.46 Å². The maximum Gasteiger partial charge on any atom is 0.311 e. The number of carbonyl (C=O) groups is 2. The van der Waals surface area contributed by atoms with E-state index in [1.165, 1.54) is 32.1 Å². The lowest BCUT2D eigenvalue weighted by atomic mass is 9.62. The van der Waals surface area contributed by atoms with Crippen molar-refractivity contribution in [1.82, 2.24) is 10.3 Å². The van der Waals surface area contributed by atoms with Gasteiger partial charge >= 0.3 is 5.97 Å². The monoisotopic (exact) mass is 436 g/mol. The Morgan fingerprint density at radius 2 is 1.52 bits per heavy atom. The smallest absolute Gasteiger partial charge is 0.311 e. The standard InChI is InChI=1S/C19H23B7N2O5/c1-5-8-4-6(33-16-12(23)10(21)9(20)11(22)13(16)24)2-3-7(8)15(29)14(27-5)17(30)28-19(25,26)18(31)32/h2-4,29H,20-26H2,1H3,(H,28,30)(H,31,32). The second-order valence-electron chi connectivity index (χ2n) is 9.04. The van der Waals surface area contributed by atoms with Gasteiger partial charge in [-0.05, 0) is 25.1 Å². The summed E-state index contributed by atoms with van der Waals surface area (Å²) in [4.78, 5) is 28.2. The number of amides is 1. The van der Waals surface area contributed by atoms with E-state index in [1.807, 2.05) is 15.7 Å². The molecule has 1 aromatic heterocycles. The van der Waals surface area contributed by atoms with Crippen LogP contribution in [0, 0.1) is 6.92 Å². The van der Waals surface area contributed by atoms with Gasteiger partial charge in [-0.25, -0.2) is 4.98 Å². The van der Waals surface area contributed by atoms with E-state index >= 15 is 0 Å². The van der Waals surface area contributed by atoms with Crippen LogP contribution < -0.4 is 37.4 Å². The Labute approximate surface area is 198 Å². The third kappa shape index (κ3) is 4.39. The van der Waals surface area contributed by atoms with Crippen LogP contribution in [-0.2, 0) is 4.79 Å². The van der Waals surface area contributed by atoms with E-state index < -0.39 is 17.2 Å². The van der Waals surface area contributed by atoms with Crippen molar-refractivity contribution in [3.63, 3.8) is 0 Å². The molecule has 0 spiro atoms. The molecule has 0 unspecified atom stereocenters. The van der Waals surface area contributed by atoms with Gasteiger partial charge in [0, 0.05) is 16.5 Å². The second kappa shape index (κ2) is 8.65. The van der Waals surface area contributed by atoms with Gasteiger partial charge in [-0.2, -0.15) is 0 Å². The molecular formula is C19H23B7N2O5. The Morgan fingerprint density at radius 1 is 0.970 bits per heavy atom. The van der Waals surface area contributed by atoms with Crippen LogP contribution in [0.5, 0.6) is 17.2 Å². The Balaban J connectivity index is 2.05. The SMILES string of the molecule is Bc1c(B)c(B)c(Oc2ccc3c(O)c(C(=O)NC(B)(B)C(=O)O)nc(C)c3c2)c(B)c1B. The van der Waals surface area contributed by atoms with Crippen LogP contribution >= 0.6 is 0 Å². The number of nitrogens with zero attached hydrogens (tertiary/aromatic N) is 1. The molecule has 3 N–H and O–H groups in total. The summed E-state index contributed by atoms with van der Waals surface area (Å²) in [5.74, 6) is -0.874. The van der Waals surface area contributed by atoms with E-state index in [9.17, 15) is 19.8 Å². The molecule has 14 heteroatoms. The third-order valence-corrected chi connectivity index (χ3v) is 6.47. The van der Waals surface area contributed by atoms with Crippen LogP contribution in [0.25, 0.3) is 10.8 Å². The number of rotatable bonds is 5. The summed E-state index contributed by atoms with van der Waals surface area (Å²) in [6.07, 6.45) is 0. The number of aryl methyl sites for hydroxylation is 1.